The Morgan fingerprint density at radius 3 is 1.85 bits per heavy atom. The van der Waals surface area contributed by atoms with Crippen LogP contribution in [0.15, 0.2) is 85.5 Å². The van der Waals surface area contributed by atoms with Crippen molar-refractivity contribution in [3.8, 4) is 0 Å². The van der Waals surface area contributed by atoms with Crippen LogP contribution in [-0.4, -0.2) is 184 Å². The number of hydrogen-bond donors (Lipinski definition) is 3. The fraction of sp³-hybridized carbons (Fsp3) is 0.644. The lowest BCUT2D eigenvalue weighted by Crippen LogP contribution is -2.65. The number of allylic oxidation sites excluding steroid dienone is 1. The van der Waals surface area contributed by atoms with Gasteiger partial charge in [-0.15, -0.1) is 6.58 Å². The minimum atomic E-state index is -1.44. The number of amides is 1. The number of aliphatic hydroxyl groups excluding tert-OH is 2. The van der Waals surface area contributed by atoms with Gasteiger partial charge in [0.2, 0.25) is 5.91 Å². The molecule has 0 bridgehead atoms. The Morgan fingerprint density at radius 2 is 1.33 bits per heavy atom. The number of hydrogen-bond acceptors (Lipinski definition) is 19. The third kappa shape index (κ3) is 20.7. The molecule has 20 nitrogen and oxygen atoms in total. The molecule has 79 heavy (non-hydrogen) atoms. The highest BCUT2D eigenvalue weighted by atomic mass is 16.7. The van der Waals surface area contributed by atoms with Crippen LogP contribution < -0.4 is 5.32 Å². The van der Waals surface area contributed by atoms with Crippen molar-refractivity contribution in [3.05, 3.63) is 96.6 Å². The first-order valence-corrected chi connectivity index (χ1v) is 27.3. The van der Waals surface area contributed by atoms with Crippen LogP contribution in [-0.2, 0) is 84.4 Å². The zero-order valence-electron chi connectivity index (χ0n) is 48.3. The van der Waals surface area contributed by atoms with E-state index in [9.17, 15) is 34.2 Å². The van der Waals surface area contributed by atoms with Crippen molar-refractivity contribution in [2.45, 2.75) is 180 Å². The first kappa shape index (κ1) is 66.4. The largest absolute Gasteiger partial charge is 0.459 e. The Hall–Kier alpha value is -5.13. The molecule has 2 aliphatic heterocycles. The number of nitrogens with one attached hydrogen (secondary N) is 1. The van der Waals surface area contributed by atoms with Crippen LogP contribution in [0.25, 0.3) is 0 Å². The van der Waals surface area contributed by atoms with E-state index in [1.807, 2.05) is 50.2 Å². The highest BCUT2D eigenvalue weighted by molar-refractivity contribution is 5.87. The Balaban J connectivity index is 1.72. The van der Waals surface area contributed by atoms with Crippen molar-refractivity contribution in [2.24, 2.45) is 17.8 Å². The van der Waals surface area contributed by atoms with E-state index in [2.05, 4.69) is 41.1 Å². The van der Waals surface area contributed by atoms with Crippen molar-refractivity contribution in [1.82, 2.24) is 15.1 Å². The topological polar surface area (TPSA) is 237 Å². The van der Waals surface area contributed by atoms with Gasteiger partial charge in [0.1, 0.15) is 24.4 Å². The molecule has 2 saturated heterocycles. The van der Waals surface area contributed by atoms with E-state index in [4.69, 9.17) is 47.4 Å². The zero-order chi connectivity index (χ0) is 58.3. The predicted octanol–water partition coefficient (Wildman–Crippen LogP) is 5.30. The van der Waals surface area contributed by atoms with Gasteiger partial charge in [0.15, 0.2) is 24.8 Å². The summed E-state index contributed by atoms with van der Waals surface area (Å²) < 4.78 is 60.5. The molecule has 442 valence electrons. The van der Waals surface area contributed by atoms with Crippen LogP contribution in [0.4, 0.5) is 0 Å². The number of carbonyl (C=O) groups is 5. The summed E-state index contributed by atoms with van der Waals surface area (Å²) in [6.45, 7) is 17.6. The summed E-state index contributed by atoms with van der Waals surface area (Å²) in [6, 6.07) is 19.0. The lowest BCUT2D eigenvalue weighted by atomic mass is 9.81. The summed E-state index contributed by atoms with van der Waals surface area (Å²) in [4.78, 5) is 68.8. The number of benzene rings is 2. The molecular weight excluding hydrogens is 1020 g/mol. The van der Waals surface area contributed by atoms with Gasteiger partial charge in [-0.1, -0.05) is 86.7 Å². The number of esters is 4. The standard InChI is InChI=1S/C59H89N3O17/c1-14-16-27-49(68)60-36(3)30-46(28-29-62(32-43-23-19-17-20-24-43)33-44-25-21-18-22-26-44)52(79-59-55(77-42(9)66)51(61(10)11)53(38(5)74-59)75-40(7)64)37(4)47(67)31-50(69)78-48(34-63)45(15-2)35-72-58-57(71-13)56(70-12)54(39(6)73-58)76-41(8)65/h15-27,36-39,45-48,51-59,63,67H,2,14,28-35H2,1,3-13H3,(H,60,68)/b27-16+/t36?,37?,38-,39+,45?,46?,47?,48?,51-,52?,53+,54-,55-,56+,57+,58+,59-/m1/s1. The number of ether oxygens (including phenoxy) is 10. The third-order valence-electron chi connectivity index (χ3n) is 14.3. The molecule has 4 rings (SSSR count). The van der Waals surface area contributed by atoms with Gasteiger partial charge >= 0.3 is 23.9 Å². The molecule has 2 aromatic rings. The predicted molar refractivity (Wildman–Crippen MR) is 292 cm³/mol. The molecule has 0 spiro atoms. The summed E-state index contributed by atoms with van der Waals surface area (Å²) in [6.07, 6.45) is -6.17. The molecular formula is C59H89N3O17. The molecule has 7 unspecified atom stereocenters. The number of methoxy groups -OCH3 is 2. The number of likely N-dealkylation sites (N-methyl/N-ethyl adjacent to an activating group) is 1. The van der Waals surface area contributed by atoms with Gasteiger partial charge in [-0.25, -0.2) is 0 Å². The van der Waals surface area contributed by atoms with Gasteiger partial charge in [0.25, 0.3) is 0 Å². The molecule has 17 atom stereocenters. The maximum Gasteiger partial charge on any atom is 0.308 e. The monoisotopic (exact) mass is 1110 g/mol. The quantitative estimate of drug-likeness (QED) is 0.0365. The Bertz CT molecular complexity index is 2160. The molecule has 20 heteroatoms. The van der Waals surface area contributed by atoms with E-state index < -0.39 is 140 Å². The average Bonchev–Trinajstić information content (AvgIpc) is 3.44. The zero-order valence-corrected chi connectivity index (χ0v) is 48.3. The fourth-order valence-corrected chi connectivity index (χ4v) is 10.4. The maximum atomic E-state index is 14.1. The molecule has 3 N–H and O–H groups in total. The summed E-state index contributed by atoms with van der Waals surface area (Å²) in [5.41, 5.74) is 2.19. The Morgan fingerprint density at radius 1 is 0.785 bits per heavy atom. The molecule has 0 aromatic heterocycles. The lowest BCUT2D eigenvalue weighted by molar-refractivity contribution is -0.308. The van der Waals surface area contributed by atoms with Crippen molar-refractivity contribution < 1.29 is 81.6 Å². The van der Waals surface area contributed by atoms with E-state index in [1.165, 1.54) is 47.1 Å². The van der Waals surface area contributed by atoms with Gasteiger partial charge in [-0.2, -0.15) is 0 Å². The highest BCUT2D eigenvalue weighted by Crippen LogP contribution is 2.36. The molecule has 0 saturated carbocycles. The van der Waals surface area contributed by atoms with E-state index >= 15 is 0 Å². The number of aliphatic hydroxyl groups is 2. The Kier molecular flexibility index (Phi) is 28.2. The molecule has 2 fully saturated rings. The second-order valence-corrected chi connectivity index (χ2v) is 20.9. The summed E-state index contributed by atoms with van der Waals surface area (Å²) in [5, 5.41) is 26.1. The van der Waals surface area contributed by atoms with E-state index in [1.54, 1.807) is 45.8 Å². The number of rotatable bonds is 32. The minimum absolute atomic E-state index is 0.158. The van der Waals surface area contributed by atoms with E-state index in [0.29, 0.717) is 38.9 Å². The Labute approximate surface area is 467 Å². The molecule has 0 aliphatic carbocycles. The second-order valence-electron chi connectivity index (χ2n) is 20.9. The summed E-state index contributed by atoms with van der Waals surface area (Å²) >= 11 is 0. The normalized spacial score (nSPS) is 26.0. The van der Waals surface area contributed by atoms with Gasteiger partial charge in [-0.05, 0) is 83.8 Å². The summed E-state index contributed by atoms with van der Waals surface area (Å²) in [7, 11) is 6.41. The maximum absolute atomic E-state index is 14.1. The smallest absolute Gasteiger partial charge is 0.308 e. The molecule has 2 heterocycles. The summed E-state index contributed by atoms with van der Waals surface area (Å²) in [5.74, 6) is -5.02. The van der Waals surface area contributed by atoms with Crippen LogP contribution in [0.3, 0.4) is 0 Å². The van der Waals surface area contributed by atoms with Gasteiger partial charge in [0.05, 0.1) is 50.1 Å². The van der Waals surface area contributed by atoms with Crippen molar-refractivity contribution >= 4 is 29.8 Å². The van der Waals surface area contributed by atoms with Crippen LogP contribution in [0.1, 0.15) is 92.2 Å². The second kappa shape index (κ2) is 33.6. The van der Waals surface area contributed by atoms with Crippen LogP contribution in [0.2, 0.25) is 0 Å². The van der Waals surface area contributed by atoms with Crippen LogP contribution >= 0.6 is 0 Å². The number of carbonyl (C=O) groups excluding carboxylic acids is 5. The first-order valence-electron chi connectivity index (χ1n) is 27.3. The molecule has 1 amide bonds. The highest BCUT2D eigenvalue weighted by Gasteiger charge is 2.52. The van der Waals surface area contributed by atoms with Crippen LogP contribution in [0, 0.1) is 17.8 Å². The third-order valence-corrected chi connectivity index (χ3v) is 14.3. The molecule has 0 radical (unpaired) electrons. The van der Waals surface area contributed by atoms with E-state index in [0.717, 1.165) is 11.1 Å². The van der Waals surface area contributed by atoms with E-state index in [-0.39, 0.29) is 12.5 Å². The SMILES string of the molecule is C=CC(CO[C@H]1O[C@@H](C)[C@@H](OC(C)=O)[C@H](OC)[C@@H]1OC)C(CO)OC(=O)CC(O)C(C)C(O[C@H]1O[C@H](C)[C@H](OC(C)=O)[C@@H](N(C)C)[C@H]1OC(C)=O)C(CCN(Cc1ccccc1)Cc1ccccc1)CC(C)NC(=O)/C=C/CC. The molecule has 2 aromatic carbocycles. The van der Waals surface area contributed by atoms with Crippen LogP contribution in [0.5, 0.6) is 0 Å². The van der Waals surface area contributed by atoms with Crippen molar-refractivity contribution in [3.63, 3.8) is 0 Å². The average molecular weight is 1110 g/mol. The van der Waals surface area contributed by atoms with Crippen molar-refractivity contribution in [1.29, 1.82) is 0 Å². The van der Waals surface area contributed by atoms with Gasteiger partial charge in [0, 0.05) is 66.0 Å². The van der Waals surface area contributed by atoms with Gasteiger partial charge < -0.3 is 62.9 Å². The lowest BCUT2D eigenvalue weighted by Gasteiger charge is -2.48. The first-order chi connectivity index (χ1) is 37.6. The minimum Gasteiger partial charge on any atom is -0.459 e. The van der Waals surface area contributed by atoms with Gasteiger partial charge in [-0.3, -0.25) is 33.8 Å². The van der Waals surface area contributed by atoms with Crippen molar-refractivity contribution in [2.75, 3.05) is 48.1 Å². The number of nitrogens with zero attached hydrogens (tertiary/aromatic N) is 2. The fourth-order valence-electron chi connectivity index (χ4n) is 10.4. The molecule has 2 aliphatic rings.